The van der Waals surface area contributed by atoms with Crippen LogP contribution in [0.25, 0.3) is 0 Å². The molecule has 1 amide bonds. The van der Waals surface area contributed by atoms with E-state index < -0.39 is 56.1 Å². The number of benzene rings is 2. The molecule has 8 nitrogen and oxygen atoms in total. The summed E-state index contributed by atoms with van der Waals surface area (Å²) >= 11 is 6.27. The van der Waals surface area contributed by atoms with Crippen molar-refractivity contribution in [1.82, 2.24) is 5.32 Å². The monoisotopic (exact) mass is 616 g/mol. The highest BCUT2D eigenvalue weighted by molar-refractivity contribution is 7.92. The fourth-order valence-corrected chi connectivity index (χ4v) is 8.42. The van der Waals surface area contributed by atoms with E-state index in [1.807, 2.05) is 13.8 Å². The van der Waals surface area contributed by atoms with Crippen molar-refractivity contribution in [2.24, 2.45) is 17.8 Å². The molecule has 0 spiro atoms. The summed E-state index contributed by atoms with van der Waals surface area (Å²) in [6, 6.07) is 4.18. The molecule has 5 atom stereocenters. The molecule has 3 N–H and O–H groups in total. The molecular formula is C28H32ClF3N2O6S. The number of fused-ring (bicyclic) bond motifs is 2. The lowest BCUT2D eigenvalue weighted by atomic mass is 9.74. The molecule has 2 fully saturated rings. The smallest absolute Gasteiger partial charge is 0.323 e. The Morgan fingerprint density at radius 3 is 2.22 bits per heavy atom. The van der Waals surface area contributed by atoms with Crippen LogP contribution in [-0.4, -0.2) is 55.9 Å². The van der Waals surface area contributed by atoms with E-state index in [0.717, 1.165) is 6.07 Å². The van der Waals surface area contributed by atoms with E-state index in [4.69, 9.17) is 16.3 Å². The zero-order valence-electron chi connectivity index (χ0n) is 22.7. The second-order valence-corrected chi connectivity index (χ2v) is 13.7. The van der Waals surface area contributed by atoms with Crippen molar-refractivity contribution in [3.05, 3.63) is 58.4 Å². The molecule has 2 bridgehead atoms. The van der Waals surface area contributed by atoms with E-state index >= 15 is 0 Å². The molecule has 4 rings (SSSR count). The molecule has 2 aromatic carbocycles. The van der Waals surface area contributed by atoms with E-state index in [0.29, 0.717) is 25.0 Å². The Morgan fingerprint density at radius 1 is 1.10 bits per heavy atom. The van der Waals surface area contributed by atoms with Crippen molar-refractivity contribution in [1.29, 1.82) is 0 Å². The second kappa shape index (κ2) is 11.9. The summed E-state index contributed by atoms with van der Waals surface area (Å²) in [5.74, 6) is -6.79. The van der Waals surface area contributed by atoms with Crippen LogP contribution >= 0.6 is 11.6 Å². The molecule has 3 unspecified atom stereocenters. The van der Waals surface area contributed by atoms with Crippen molar-refractivity contribution in [3.8, 4) is 0 Å². The molecule has 0 aliphatic heterocycles. The van der Waals surface area contributed by atoms with Gasteiger partial charge in [0.05, 0.1) is 27.9 Å². The van der Waals surface area contributed by atoms with Crippen molar-refractivity contribution in [3.63, 3.8) is 0 Å². The fourth-order valence-electron chi connectivity index (χ4n) is 6.02. The number of carbonyl (C=O) groups is 2. The lowest BCUT2D eigenvalue weighted by Gasteiger charge is -2.43. The Kier molecular flexibility index (Phi) is 9.08. The third-order valence-electron chi connectivity index (χ3n) is 8.28. The van der Waals surface area contributed by atoms with Crippen LogP contribution in [0, 0.1) is 35.2 Å². The molecule has 13 heteroatoms. The van der Waals surface area contributed by atoms with E-state index in [2.05, 4.69) is 10.6 Å². The van der Waals surface area contributed by atoms with Gasteiger partial charge in [-0.05, 0) is 61.6 Å². The summed E-state index contributed by atoms with van der Waals surface area (Å²) in [7, 11) is -2.77. The number of amides is 1. The lowest BCUT2D eigenvalue weighted by Crippen LogP contribution is -2.57. The van der Waals surface area contributed by atoms with Gasteiger partial charge >= 0.3 is 5.97 Å². The van der Waals surface area contributed by atoms with E-state index in [1.54, 1.807) is 0 Å². The van der Waals surface area contributed by atoms with Crippen molar-refractivity contribution < 1.29 is 41.0 Å². The van der Waals surface area contributed by atoms with Gasteiger partial charge in [0, 0.05) is 29.9 Å². The molecule has 224 valence electrons. The summed E-state index contributed by atoms with van der Waals surface area (Å²) in [5, 5.41) is 16.0. The average molecular weight is 617 g/mol. The summed E-state index contributed by atoms with van der Waals surface area (Å²) in [6.45, 7) is 3.81. The standard InChI is InChI=1S/C28H32ClF3N2O6S/c1-14(2)25(27(36)40-3)33-13-28(37)16-5-6-17(28)10-19(9-16)41(38,39)23-8-15(4-7-20(23)29)26(35)34-18-11-21(30)24(32)22(31)12-18/h4,7-8,11-12,14,16-17,19,25,33,37H,5-6,9-10,13H2,1-3H3,(H,34,35)/t16-,17?,19?,25-,28?/m0/s1. The molecule has 2 aromatic rings. The lowest BCUT2D eigenvalue weighted by molar-refractivity contribution is -0.145. The van der Waals surface area contributed by atoms with Crippen LogP contribution in [-0.2, 0) is 19.4 Å². The molecule has 0 radical (unpaired) electrons. The maximum atomic E-state index is 13.8. The maximum absolute atomic E-state index is 13.8. The number of sulfone groups is 1. The SMILES string of the molecule is COC(=O)[C@@H](NCC1(O)C2CC[C@H]1CC(S(=O)(=O)c1cc(C(=O)Nc3cc(F)c(F)c(F)c3)ccc1Cl)C2)C(C)C. The summed E-state index contributed by atoms with van der Waals surface area (Å²) in [4.78, 5) is 24.7. The van der Waals surface area contributed by atoms with Crippen LogP contribution in [0.1, 0.15) is 49.9 Å². The van der Waals surface area contributed by atoms with Crippen LogP contribution in [0.5, 0.6) is 0 Å². The highest BCUT2D eigenvalue weighted by Gasteiger charge is 2.55. The Bertz CT molecular complexity index is 1420. The van der Waals surface area contributed by atoms with Crippen molar-refractivity contribution in [2.75, 3.05) is 19.0 Å². The molecule has 2 aliphatic rings. The first-order chi connectivity index (χ1) is 19.2. The molecule has 2 saturated carbocycles. The summed E-state index contributed by atoms with van der Waals surface area (Å²) in [5.41, 5.74) is -1.70. The number of halogens is 4. The number of nitrogens with one attached hydrogen (secondary N) is 2. The Labute approximate surface area is 241 Å². The minimum atomic E-state index is -4.07. The van der Waals surface area contributed by atoms with E-state index in [1.165, 1.54) is 19.2 Å². The maximum Gasteiger partial charge on any atom is 0.323 e. The largest absolute Gasteiger partial charge is 0.468 e. The van der Waals surface area contributed by atoms with E-state index in [9.17, 15) is 36.3 Å². The molecule has 0 aromatic heterocycles. The van der Waals surface area contributed by atoms with E-state index in [-0.39, 0.29) is 58.3 Å². The quantitative estimate of drug-likeness (QED) is 0.280. The van der Waals surface area contributed by atoms with Gasteiger partial charge in [0.15, 0.2) is 27.3 Å². The van der Waals surface area contributed by atoms with Crippen LogP contribution < -0.4 is 10.6 Å². The second-order valence-electron chi connectivity index (χ2n) is 11.1. The molecule has 41 heavy (non-hydrogen) atoms. The molecular weight excluding hydrogens is 585 g/mol. The van der Waals surface area contributed by atoms with Crippen molar-refractivity contribution in [2.45, 2.75) is 61.3 Å². The molecule has 2 aliphatic carbocycles. The number of hydrogen-bond donors (Lipinski definition) is 3. The molecule has 0 saturated heterocycles. The number of carbonyl (C=O) groups excluding carboxylic acids is 2. The third kappa shape index (κ3) is 6.11. The summed E-state index contributed by atoms with van der Waals surface area (Å²) in [6.07, 6.45) is 1.53. The van der Waals surface area contributed by atoms with Gasteiger partial charge in [-0.2, -0.15) is 0 Å². The van der Waals surface area contributed by atoms with Crippen LogP contribution in [0.2, 0.25) is 5.02 Å². The highest BCUT2D eigenvalue weighted by Crippen LogP contribution is 2.52. The first-order valence-electron chi connectivity index (χ1n) is 13.2. The number of esters is 1. The van der Waals surface area contributed by atoms with Gasteiger partial charge in [0.1, 0.15) is 6.04 Å². The Morgan fingerprint density at radius 2 is 1.68 bits per heavy atom. The van der Waals surface area contributed by atoms with Crippen LogP contribution in [0.15, 0.2) is 35.2 Å². The van der Waals surface area contributed by atoms with Gasteiger partial charge in [-0.1, -0.05) is 25.4 Å². The summed E-state index contributed by atoms with van der Waals surface area (Å²) < 4.78 is 72.8. The Balaban J connectivity index is 1.52. The minimum Gasteiger partial charge on any atom is -0.468 e. The number of hydrogen-bond acceptors (Lipinski definition) is 7. The minimum absolute atomic E-state index is 0.0897. The highest BCUT2D eigenvalue weighted by atomic mass is 35.5. The van der Waals surface area contributed by atoms with Crippen LogP contribution in [0.4, 0.5) is 18.9 Å². The van der Waals surface area contributed by atoms with Gasteiger partial charge in [-0.3, -0.25) is 9.59 Å². The van der Waals surface area contributed by atoms with Gasteiger partial charge < -0.3 is 20.5 Å². The van der Waals surface area contributed by atoms with Crippen molar-refractivity contribution >= 4 is 39.0 Å². The Hall–Kier alpha value is -2.67. The third-order valence-corrected chi connectivity index (χ3v) is 10.9. The van der Waals surface area contributed by atoms with Gasteiger partial charge in [-0.25, -0.2) is 21.6 Å². The number of aliphatic hydroxyl groups is 1. The van der Waals surface area contributed by atoms with Gasteiger partial charge in [-0.15, -0.1) is 0 Å². The number of rotatable bonds is 9. The predicted molar refractivity (Wildman–Crippen MR) is 146 cm³/mol. The topological polar surface area (TPSA) is 122 Å². The first-order valence-corrected chi connectivity index (χ1v) is 15.1. The predicted octanol–water partition coefficient (Wildman–Crippen LogP) is 4.49. The first kappa shape index (κ1) is 31.3. The zero-order valence-corrected chi connectivity index (χ0v) is 24.3. The van der Waals surface area contributed by atoms with Crippen LogP contribution in [0.3, 0.4) is 0 Å². The number of methoxy groups -OCH3 is 1. The van der Waals surface area contributed by atoms with Gasteiger partial charge in [0.25, 0.3) is 5.91 Å². The number of anilines is 1. The molecule has 0 heterocycles. The average Bonchev–Trinajstić information content (AvgIpc) is 3.06. The normalized spacial score (nSPS) is 24.8. The fraction of sp³-hybridized carbons (Fsp3) is 0.500. The number of ether oxygens (including phenoxy) is 1. The van der Waals surface area contributed by atoms with Gasteiger partial charge in [0.2, 0.25) is 0 Å². The zero-order chi connectivity index (χ0) is 30.3.